The Hall–Kier alpha value is -2.55. The van der Waals surface area contributed by atoms with Gasteiger partial charge in [-0.3, -0.25) is 14.6 Å². The molecule has 1 aromatic heterocycles. The molecule has 4 nitrogen and oxygen atoms in total. The highest BCUT2D eigenvalue weighted by Crippen LogP contribution is 2.27. The van der Waals surface area contributed by atoms with E-state index in [1.165, 1.54) is 35.2 Å². The SMILES string of the molecule is FC(F)(F)Oc1cccc(SNC2CCN(Cc3ccc(-c4ccncc4)cc3)C2)c1. The van der Waals surface area contributed by atoms with Crippen LogP contribution < -0.4 is 9.46 Å². The highest BCUT2D eigenvalue weighted by Gasteiger charge is 2.31. The van der Waals surface area contributed by atoms with Crippen LogP contribution in [-0.2, 0) is 6.54 Å². The number of halogens is 3. The smallest absolute Gasteiger partial charge is 0.406 e. The van der Waals surface area contributed by atoms with Crippen LogP contribution >= 0.6 is 11.9 Å². The van der Waals surface area contributed by atoms with Crippen LogP contribution in [0.25, 0.3) is 11.1 Å². The molecule has 3 aromatic rings. The van der Waals surface area contributed by atoms with Crippen LogP contribution in [0.2, 0.25) is 0 Å². The molecule has 0 aliphatic carbocycles. The lowest BCUT2D eigenvalue weighted by atomic mass is 10.1. The molecule has 0 amide bonds. The fraction of sp³-hybridized carbons (Fsp3) is 0.261. The molecule has 1 aliphatic heterocycles. The number of nitrogens with one attached hydrogen (secondary N) is 1. The number of rotatable bonds is 7. The lowest BCUT2D eigenvalue weighted by molar-refractivity contribution is -0.274. The van der Waals surface area contributed by atoms with Crippen molar-refractivity contribution < 1.29 is 17.9 Å². The van der Waals surface area contributed by atoms with Crippen molar-refractivity contribution in [3.05, 3.63) is 78.6 Å². The van der Waals surface area contributed by atoms with Gasteiger partial charge in [0.2, 0.25) is 0 Å². The summed E-state index contributed by atoms with van der Waals surface area (Å²) in [5.41, 5.74) is 3.57. The Morgan fingerprint density at radius 1 is 1.03 bits per heavy atom. The van der Waals surface area contributed by atoms with Crippen LogP contribution in [0.3, 0.4) is 0 Å². The quantitative estimate of drug-likeness (QED) is 0.485. The van der Waals surface area contributed by atoms with Crippen LogP contribution in [0.1, 0.15) is 12.0 Å². The largest absolute Gasteiger partial charge is 0.573 e. The maximum atomic E-state index is 12.4. The molecule has 0 radical (unpaired) electrons. The summed E-state index contributed by atoms with van der Waals surface area (Å²) in [6, 6.07) is 18.8. The highest BCUT2D eigenvalue weighted by molar-refractivity contribution is 7.97. The lowest BCUT2D eigenvalue weighted by Gasteiger charge is -2.17. The second-order valence-corrected chi connectivity index (χ2v) is 8.31. The summed E-state index contributed by atoms with van der Waals surface area (Å²) in [6.07, 6.45) is -0.115. The summed E-state index contributed by atoms with van der Waals surface area (Å²) in [7, 11) is 0. The third-order valence-electron chi connectivity index (χ3n) is 5.03. The fourth-order valence-corrected chi connectivity index (χ4v) is 4.38. The molecule has 1 aliphatic rings. The van der Waals surface area contributed by atoms with Crippen molar-refractivity contribution in [2.75, 3.05) is 13.1 Å². The van der Waals surface area contributed by atoms with Gasteiger partial charge in [0.15, 0.2) is 0 Å². The summed E-state index contributed by atoms with van der Waals surface area (Å²) in [5, 5.41) is 0. The van der Waals surface area contributed by atoms with Crippen molar-refractivity contribution in [2.45, 2.75) is 30.3 Å². The van der Waals surface area contributed by atoms with Gasteiger partial charge >= 0.3 is 6.36 Å². The van der Waals surface area contributed by atoms with E-state index in [4.69, 9.17) is 0 Å². The summed E-state index contributed by atoms with van der Waals surface area (Å²) in [5.74, 6) is -0.206. The number of benzene rings is 2. The molecule has 0 spiro atoms. The molecule has 162 valence electrons. The third kappa shape index (κ3) is 6.46. The first-order valence-electron chi connectivity index (χ1n) is 9.94. The molecule has 1 fully saturated rings. The van der Waals surface area contributed by atoms with Crippen LogP contribution in [0.5, 0.6) is 5.75 Å². The lowest BCUT2D eigenvalue weighted by Crippen LogP contribution is -2.28. The van der Waals surface area contributed by atoms with Crippen LogP contribution in [0.15, 0.2) is 78.0 Å². The molecule has 0 saturated carbocycles. The molecule has 1 N–H and O–H groups in total. The van der Waals surface area contributed by atoms with Gasteiger partial charge in [0.05, 0.1) is 0 Å². The van der Waals surface area contributed by atoms with E-state index < -0.39 is 6.36 Å². The second-order valence-electron chi connectivity index (χ2n) is 7.40. The van der Waals surface area contributed by atoms with E-state index in [0.29, 0.717) is 4.90 Å². The Morgan fingerprint density at radius 2 is 1.77 bits per heavy atom. The first-order valence-corrected chi connectivity index (χ1v) is 10.8. The van der Waals surface area contributed by atoms with Gasteiger partial charge in [-0.15, -0.1) is 13.2 Å². The molecule has 1 atom stereocenters. The highest BCUT2D eigenvalue weighted by atomic mass is 32.2. The first kappa shape index (κ1) is 21.7. The number of hydrogen-bond donors (Lipinski definition) is 1. The zero-order valence-corrected chi connectivity index (χ0v) is 17.5. The second kappa shape index (κ2) is 9.72. The van der Waals surface area contributed by atoms with Crippen molar-refractivity contribution in [1.29, 1.82) is 0 Å². The van der Waals surface area contributed by atoms with E-state index in [0.717, 1.165) is 31.6 Å². The number of nitrogens with zero attached hydrogens (tertiary/aromatic N) is 2. The van der Waals surface area contributed by atoms with E-state index in [2.05, 4.69) is 43.6 Å². The summed E-state index contributed by atoms with van der Waals surface area (Å²) < 4.78 is 44.5. The normalized spacial score (nSPS) is 17.1. The Labute approximate surface area is 183 Å². The maximum absolute atomic E-state index is 12.4. The number of likely N-dealkylation sites (tertiary alicyclic amines) is 1. The third-order valence-corrected chi connectivity index (χ3v) is 5.97. The van der Waals surface area contributed by atoms with E-state index in [1.54, 1.807) is 24.5 Å². The number of hydrogen-bond acceptors (Lipinski definition) is 5. The van der Waals surface area contributed by atoms with Gasteiger partial charge < -0.3 is 4.74 Å². The summed E-state index contributed by atoms with van der Waals surface area (Å²) in [6.45, 7) is 2.73. The Kier molecular flexibility index (Phi) is 6.80. The maximum Gasteiger partial charge on any atom is 0.573 e. The first-order chi connectivity index (χ1) is 14.9. The number of aromatic nitrogens is 1. The van der Waals surface area contributed by atoms with Crippen molar-refractivity contribution in [3.63, 3.8) is 0 Å². The molecule has 2 heterocycles. The van der Waals surface area contributed by atoms with Crippen LogP contribution in [-0.4, -0.2) is 35.4 Å². The minimum atomic E-state index is -4.68. The number of pyridine rings is 1. The fourth-order valence-electron chi connectivity index (χ4n) is 3.56. The monoisotopic (exact) mass is 445 g/mol. The molecule has 1 saturated heterocycles. The van der Waals surface area contributed by atoms with Crippen LogP contribution in [0, 0.1) is 0 Å². The molecular weight excluding hydrogens is 423 g/mol. The summed E-state index contributed by atoms with van der Waals surface area (Å²) in [4.78, 5) is 7.12. The van der Waals surface area contributed by atoms with Gasteiger partial charge in [-0.05, 0) is 65.4 Å². The zero-order valence-electron chi connectivity index (χ0n) is 16.7. The minimum Gasteiger partial charge on any atom is -0.406 e. The predicted octanol–water partition coefficient (Wildman–Crippen LogP) is 5.52. The van der Waals surface area contributed by atoms with Gasteiger partial charge in [-0.2, -0.15) is 0 Å². The molecule has 1 unspecified atom stereocenters. The van der Waals surface area contributed by atoms with Gasteiger partial charge in [-0.1, -0.05) is 30.3 Å². The molecule has 2 aromatic carbocycles. The Morgan fingerprint density at radius 3 is 2.52 bits per heavy atom. The predicted molar refractivity (Wildman–Crippen MR) is 115 cm³/mol. The summed E-state index contributed by atoms with van der Waals surface area (Å²) >= 11 is 1.34. The van der Waals surface area contributed by atoms with E-state index in [1.807, 2.05) is 12.1 Å². The Balaban J connectivity index is 1.26. The van der Waals surface area contributed by atoms with Crippen molar-refractivity contribution in [1.82, 2.24) is 14.6 Å². The molecular formula is C23H22F3N3OS. The minimum absolute atomic E-state index is 0.206. The topological polar surface area (TPSA) is 37.4 Å². The number of alkyl halides is 3. The van der Waals surface area contributed by atoms with E-state index in [9.17, 15) is 13.2 Å². The molecule has 4 rings (SSSR count). The molecule has 8 heteroatoms. The average Bonchev–Trinajstić information content (AvgIpc) is 3.20. The molecule has 0 bridgehead atoms. The Bertz CT molecular complexity index is 983. The van der Waals surface area contributed by atoms with Gasteiger partial charge in [0.1, 0.15) is 5.75 Å². The van der Waals surface area contributed by atoms with Crippen molar-refractivity contribution in [2.24, 2.45) is 0 Å². The number of ether oxygens (including phenoxy) is 1. The van der Waals surface area contributed by atoms with Gasteiger partial charge in [0.25, 0.3) is 0 Å². The standard InChI is InChI=1S/C23H22F3N3OS/c24-23(25,26)30-21-2-1-3-22(14-21)31-28-20-10-13-29(16-20)15-17-4-6-18(7-5-17)19-8-11-27-12-9-19/h1-9,11-12,14,20,28H,10,13,15-16H2. The van der Waals surface area contributed by atoms with Crippen molar-refractivity contribution >= 4 is 11.9 Å². The van der Waals surface area contributed by atoms with Crippen LogP contribution in [0.4, 0.5) is 13.2 Å². The average molecular weight is 446 g/mol. The van der Waals surface area contributed by atoms with Crippen molar-refractivity contribution in [3.8, 4) is 16.9 Å². The van der Waals surface area contributed by atoms with E-state index in [-0.39, 0.29) is 11.8 Å². The van der Waals surface area contributed by atoms with E-state index >= 15 is 0 Å². The van der Waals surface area contributed by atoms with Gasteiger partial charge in [-0.25, -0.2) is 0 Å². The zero-order chi connectivity index (χ0) is 21.7. The molecule has 31 heavy (non-hydrogen) atoms. The van der Waals surface area contributed by atoms with Gasteiger partial charge in [0, 0.05) is 43.0 Å².